The zero-order valence-corrected chi connectivity index (χ0v) is 22.5. The minimum absolute atomic E-state index is 0.148. The van der Waals surface area contributed by atoms with Crippen molar-refractivity contribution in [2.45, 2.75) is 39.8 Å². The highest BCUT2D eigenvalue weighted by Gasteiger charge is 2.34. The van der Waals surface area contributed by atoms with Crippen LogP contribution in [0.25, 0.3) is 11.0 Å². The predicted octanol–water partition coefficient (Wildman–Crippen LogP) is 4.61. The number of thiophene rings is 1. The Morgan fingerprint density at radius 3 is 2.63 bits per heavy atom. The van der Waals surface area contributed by atoms with Gasteiger partial charge in [-0.1, -0.05) is 43.3 Å². The van der Waals surface area contributed by atoms with Gasteiger partial charge in [0.1, 0.15) is 18.1 Å². The highest BCUT2D eigenvalue weighted by atomic mass is 32.1. The van der Waals surface area contributed by atoms with Crippen LogP contribution >= 0.6 is 11.3 Å². The van der Waals surface area contributed by atoms with Crippen molar-refractivity contribution in [3.8, 4) is 0 Å². The molecule has 2 aromatic carbocycles. The van der Waals surface area contributed by atoms with Crippen molar-refractivity contribution in [1.82, 2.24) is 20.3 Å². The molecule has 0 saturated heterocycles. The summed E-state index contributed by atoms with van der Waals surface area (Å²) in [5.74, 6) is -0.765. The van der Waals surface area contributed by atoms with E-state index >= 15 is 0 Å². The Balaban J connectivity index is 1.76. The summed E-state index contributed by atoms with van der Waals surface area (Å²) in [6, 6.07) is 16.7. The van der Waals surface area contributed by atoms with Crippen molar-refractivity contribution in [2.24, 2.45) is 5.92 Å². The normalized spacial score (nSPS) is 11.9. The fourth-order valence-corrected chi connectivity index (χ4v) is 4.89. The molecule has 0 aliphatic carbocycles. The highest BCUT2D eigenvalue weighted by Crippen LogP contribution is 2.32. The first kappa shape index (κ1) is 27.0. The minimum Gasteiger partial charge on any atom is -0.462 e. The van der Waals surface area contributed by atoms with Gasteiger partial charge in [0, 0.05) is 17.1 Å². The molecule has 9 nitrogen and oxygen atoms in total. The second kappa shape index (κ2) is 12.5. The molecule has 4 rings (SSSR count). The summed E-state index contributed by atoms with van der Waals surface area (Å²) in [4.78, 5) is 42.3. The molecule has 0 fully saturated rings. The number of hydrogen-bond donors (Lipinski definition) is 1. The Bertz CT molecular complexity index is 1400. The topological polar surface area (TPSA) is 106 Å². The minimum atomic E-state index is -0.943. The third kappa shape index (κ3) is 6.25. The molecule has 0 radical (unpaired) electrons. The molecule has 198 valence electrons. The average molecular weight is 534 g/mol. The molecule has 1 N–H and O–H groups in total. The predicted molar refractivity (Wildman–Crippen MR) is 147 cm³/mol. The van der Waals surface area contributed by atoms with E-state index in [-0.39, 0.29) is 25.0 Å². The molecule has 38 heavy (non-hydrogen) atoms. The van der Waals surface area contributed by atoms with Gasteiger partial charge in [-0.25, -0.2) is 9.48 Å². The maximum absolute atomic E-state index is 14.0. The third-order valence-electron chi connectivity index (χ3n) is 5.95. The number of rotatable bonds is 11. The molecule has 2 amide bonds. The van der Waals surface area contributed by atoms with Crippen molar-refractivity contribution < 1.29 is 19.1 Å². The summed E-state index contributed by atoms with van der Waals surface area (Å²) in [5, 5.41) is 13.2. The number of amides is 2. The first-order valence-corrected chi connectivity index (χ1v) is 13.5. The Kier molecular flexibility index (Phi) is 8.85. The van der Waals surface area contributed by atoms with Crippen molar-refractivity contribution in [3.05, 3.63) is 76.5 Å². The molecule has 0 aliphatic rings. The van der Waals surface area contributed by atoms with E-state index in [0.29, 0.717) is 39.6 Å². The number of benzene rings is 2. The molecule has 4 aromatic rings. The molecule has 2 heterocycles. The number of anilines is 1. The lowest BCUT2D eigenvalue weighted by atomic mass is 10.1. The summed E-state index contributed by atoms with van der Waals surface area (Å²) in [5.41, 5.74) is 2.06. The van der Waals surface area contributed by atoms with Gasteiger partial charge < -0.3 is 10.1 Å². The van der Waals surface area contributed by atoms with Gasteiger partial charge in [-0.2, -0.15) is 0 Å². The molecule has 0 saturated carbocycles. The lowest BCUT2D eigenvalue weighted by Gasteiger charge is -2.31. The van der Waals surface area contributed by atoms with E-state index in [1.165, 1.54) is 20.9 Å². The molecule has 0 spiro atoms. The number of nitrogens with one attached hydrogen (secondary N) is 1. The molecule has 0 unspecified atom stereocenters. The summed E-state index contributed by atoms with van der Waals surface area (Å²) in [6.45, 7) is 6.46. The Morgan fingerprint density at radius 2 is 1.89 bits per heavy atom. The van der Waals surface area contributed by atoms with Crippen LogP contribution in [0.3, 0.4) is 0 Å². The van der Waals surface area contributed by atoms with Gasteiger partial charge in [0.15, 0.2) is 0 Å². The smallest absolute Gasteiger partial charge is 0.338 e. The van der Waals surface area contributed by atoms with Crippen LogP contribution < -0.4 is 10.2 Å². The number of aromatic nitrogens is 3. The number of carbonyl (C=O) groups excluding carboxylic acids is 3. The van der Waals surface area contributed by atoms with E-state index < -0.39 is 12.0 Å². The van der Waals surface area contributed by atoms with Gasteiger partial charge in [-0.15, -0.1) is 16.4 Å². The third-order valence-corrected chi connectivity index (χ3v) is 6.87. The zero-order valence-electron chi connectivity index (χ0n) is 21.7. The van der Waals surface area contributed by atoms with E-state index in [1.54, 1.807) is 31.2 Å². The zero-order chi connectivity index (χ0) is 27.1. The summed E-state index contributed by atoms with van der Waals surface area (Å²) >= 11 is 1.39. The second-order valence-corrected chi connectivity index (χ2v) is 10.1. The van der Waals surface area contributed by atoms with E-state index in [1.807, 2.05) is 41.8 Å². The number of carbonyl (C=O) groups is 3. The fourth-order valence-electron chi connectivity index (χ4n) is 4.07. The van der Waals surface area contributed by atoms with Crippen molar-refractivity contribution in [2.75, 3.05) is 18.1 Å². The molecule has 1 atom stereocenters. The molecular weight excluding hydrogens is 502 g/mol. The largest absolute Gasteiger partial charge is 0.462 e. The van der Waals surface area contributed by atoms with Gasteiger partial charge in [0.25, 0.3) is 0 Å². The molecular formula is C28H31N5O4S. The average Bonchev–Trinajstić information content (AvgIpc) is 3.58. The number of ether oxygens (including phenoxy) is 1. The van der Waals surface area contributed by atoms with Crippen LogP contribution in [0.15, 0.2) is 66.0 Å². The highest BCUT2D eigenvalue weighted by molar-refractivity contribution is 7.10. The van der Waals surface area contributed by atoms with Gasteiger partial charge >= 0.3 is 5.97 Å². The first-order chi connectivity index (χ1) is 18.4. The van der Waals surface area contributed by atoms with Crippen LogP contribution in [0.5, 0.6) is 0 Å². The van der Waals surface area contributed by atoms with Gasteiger partial charge in [-0.3, -0.25) is 14.5 Å². The second-order valence-electron chi connectivity index (χ2n) is 9.16. The lowest BCUT2D eigenvalue weighted by molar-refractivity contribution is -0.126. The Morgan fingerprint density at radius 1 is 1.08 bits per heavy atom. The number of fused-ring (bicyclic) bond motifs is 1. The van der Waals surface area contributed by atoms with Gasteiger partial charge in [0.05, 0.1) is 17.7 Å². The van der Waals surface area contributed by atoms with E-state index in [2.05, 4.69) is 29.5 Å². The van der Waals surface area contributed by atoms with E-state index in [4.69, 9.17) is 4.74 Å². The van der Waals surface area contributed by atoms with Crippen molar-refractivity contribution in [3.63, 3.8) is 0 Å². The van der Waals surface area contributed by atoms with Crippen molar-refractivity contribution in [1.29, 1.82) is 0 Å². The fraction of sp³-hybridized carbons (Fsp3) is 0.321. The molecule has 10 heteroatoms. The Hall–Kier alpha value is -4.05. The van der Waals surface area contributed by atoms with E-state index in [0.717, 1.165) is 6.42 Å². The lowest BCUT2D eigenvalue weighted by Crippen LogP contribution is -2.45. The first-order valence-electron chi connectivity index (χ1n) is 12.6. The summed E-state index contributed by atoms with van der Waals surface area (Å²) < 4.78 is 6.69. The van der Waals surface area contributed by atoms with Crippen LogP contribution in [0.1, 0.15) is 48.5 Å². The Labute approximate surface area is 225 Å². The standard InChI is InChI=1S/C28H31N5O4S/c1-4-37-28(36)20-9-7-10-21(17-20)33(25(34)18-32-23-12-6-5-11-22(23)30-31-32)26(24-13-8-16-38-24)27(35)29-15-14-19(2)3/h5-13,16-17,19,26H,4,14-15,18H2,1-3H3,(H,29,35)/t26-/m0/s1. The molecule has 2 aromatic heterocycles. The summed E-state index contributed by atoms with van der Waals surface area (Å²) in [7, 11) is 0. The van der Waals surface area contributed by atoms with Crippen LogP contribution in [0.4, 0.5) is 5.69 Å². The van der Waals surface area contributed by atoms with Crippen LogP contribution in [0.2, 0.25) is 0 Å². The van der Waals surface area contributed by atoms with Crippen LogP contribution in [-0.4, -0.2) is 45.9 Å². The van der Waals surface area contributed by atoms with E-state index in [9.17, 15) is 14.4 Å². The quantitative estimate of drug-likeness (QED) is 0.282. The number of para-hydroxylation sites is 1. The molecule has 0 bridgehead atoms. The number of nitrogens with zero attached hydrogens (tertiary/aromatic N) is 4. The van der Waals surface area contributed by atoms with Crippen LogP contribution in [-0.2, 0) is 20.9 Å². The SMILES string of the molecule is CCOC(=O)c1cccc(N(C(=O)Cn2nnc3ccccc32)[C@H](C(=O)NCCC(C)C)c2cccs2)c1. The maximum Gasteiger partial charge on any atom is 0.338 e. The number of esters is 1. The summed E-state index contributed by atoms with van der Waals surface area (Å²) in [6.07, 6.45) is 0.806. The van der Waals surface area contributed by atoms with Crippen molar-refractivity contribution >= 4 is 45.8 Å². The maximum atomic E-state index is 14.0. The number of hydrogen-bond acceptors (Lipinski definition) is 7. The van der Waals surface area contributed by atoms with Gasteiger partial charge in [-0.05, 0) is 61.0 Å². The van der Waals surface area contributed by atoms with Gasteiger partial charge in [0.2, 0.25) is 11.8 Å². The molecule has 0 aliphatic heterocycles. The van der Waals surface area contributed by atoms with Crippen LogP contribution in [0, 0.1) is 5.92 Å². The monoisotopic (exact) mass is 533 g/mol.